The number of rotatable bonds is 5. The fraction of sp³-hybridized carbons (Fsp3) is 0.357. The summed E-state index contributed by atoms with van der Waals surface area (Å²) in [5, 5.41) is 8.28. The monoisotopic (exact) mass is 517 g/mol. The van der Waals surface area contributed by atoms with Gasteiger partial charge in [0.05, 0.1) is 22.1 Å². The van der Waals surface area contributed by atoms with Gasteiger partial charge in [0.25, 0.3) is 0 Å². The van der Waals surface area contributed by atoms with Crippen molar-refractivity contribution in [3.63, 3.8) is 0 Å². The summed E-state index contributed by atoms with van der Waals surface area (Å²) < 4.78 is 6.01. The number of para-hydroxylation sites is 1. The van der Waals surface area contributed by atoms with E-state index in [0.29, 0.717) is 13.1 Å². The predicted octanol–water partition coefficient (Wildman–Crippen LogP) is 3.87. The number of urea groups is 1. The first kappa shape index (κ1) is 23.9. The first-order chi connectivity index (χ1) is 18.0. The van der Waals surface area contributed by atoms with Crippen LogP contribution in [0, 0.1) is 12.8 Å². The third-order valence-electron chi connectivity index (χ3n) is 7.58. The van der Waals surface area contributed by atoms with Gasteiger partial charge >= 0.3 is 6.03 Å². The molecular formula is C28H31N5O3S. The number of piperidine rings is 1. The number of carbonyl (C=O) groups excluding carboxylic acids is 2. The van der Waals surface area contributed by atoms with Crippen molar-refractivity contribution >= 4 is 29.4 Å². The van der Waals surface area contributed by atoms with E-state index in [4.69, 9.17) is 4.74 Å². The predicted molar refractivity (Wildman–Crippen MR) is 145 cm³/mol. The Morgan fingerprint density at radius 2 is 1.89 bits per heavy atom. The quantitative estimate of drug-likeness (QED) is 0.587. The highest BCUT2D eigenvalue weighted by atomic mass is 32.2. The van der Waals surface area contributed by atoms with Gasteiger partial charge in [-0.2, -0.15) is 0 Å². The van der Waals surface area contributed by atoms with Crippen molar-refractivity contribution in [2.75, 3.05) is 37.6 Å². The number of nitrogens with one attached hydrogen (secondary N) is 2. The van der Waals surface area contributed by atoms with Crippen molar-refractivity contribution in [3.8, 4) is 11.5 Å². The number of carbonyl (C=O) groups is 2. The Morgan fingerprint density at radius 1 is 1.11 bits per heavy atom. The third-order valence-corrected chi connectivity index (χ3v) is 9.00. The first-order valence-corrected chi connectivity index (χ1v) is 13.7. The van der Waals surface area contributed by atoms with Gasteiger partial charge in [-0.05, 0) is 61.9 Å². The molecule has 3 saturated heterocycles. The summed E-state index contributed by atoms with van der Waals surface area (Å²) in [5.74, 6) is 1.69. The molecule has 4 aliphatic rings. The molecule has 3 atom stereocenters. The molecule has 9 heteroatoms. The number of aryl methyl sites for hydroxylation is 1. The van der Waals surface area contributed by atoms with Crippen molar-refractivity contribution in [2.45, 2.75) is 24.8 Å². The second kappa shape index (κ2) is 9.79. The van der Waals surface area contributed by atoms with Crippen molar-refractivity contribution in [1.29, 1.82) is 0 Å². The Hall–Kier alpha value is -3.43. The van der Waals surface area contributed by atoms with Crippen LogP contribution in [0.5, 0.6) is 11.5 Å². The smallest absolute Gasteiger partial charge is 0.326 e. The zero-order valence-corrected chi connectivity index (χ0v) is 21.7. The van der Waals surface area contributed by atoms with Crippen molar-refractivity contribution in [2.24, 2.45) is 5.92 Å². The normalized spacial score (nSPS) is 25.1. The van der Waals surface area contributed by atoms with Crippen LogP contribution < -0.4 is 20.3 Å². The topological polar surface area (TPSA) is 77.2 Å². The summed E-state index contributed by atoms with van der Waals surface area (Å²) in [6.45, 7) is 9.31. The molecule has 2 aromatic carbocycles. The second-order valence-electron chi connectivity index (χ2n) is 9.77. The van der Waals surface area contributed by atoms with Gasteiger partial charge in [-0.25, -0.2) is 4.79 Å². The number of benzene rings is 2. The van der Waals surface area contributed by atoms with Crippen molar-refractivity contribution in [3.05, 3.63) is 77.5 Å². The summed E-state index contributed by atoms with van der Waals surface area (Å²) in [7, 11) is 0. The molecule has 0 saturated carbocycles. The number of amides is 3. The number of hydrogen-bond donors (Lipinski definition) is 2. The molecule has 0 aromatic heterocycles. The molecule has 3 amide bonds. The van der Waals surface area contributed by atoms with E-state index in [1.807, 2.05) is 77.0 Å². The van der Waals surface area contributed by atoms with E-state index in [0.717, 1.165) is 59.5 Å². The molecule has 2 aromatic rings. The standard InChI is InChI=1S/C28H31N5O3S/c1-3-23(34)31-13-15-32(16-14-31)27-25-24-22(11-12-29-26(24)37-27)33(28(35)30-25)21-10-9-20(17-18(21)2)36-19-7-5-4-6-8-19/h3-10,17,22,24,26,29H,1,11-16H2,2H3,(H,30,35). The SMILES string of the molecule is C=CC(=O)N1CCN(C2=C3NC(=O)N(c4ccc(Oc5ccccc5)cc4C)C4CCNC(S2)C34)CC1. The molecule has 6 rings (SSSR count). The van der Waals surface area contributed by atoms with Gasteiger partial charge in [0.2, 0.25) is 5.91 Å². The van der Waals surface area contributed by atoms with Gasteiger partial charge in [-0.3, -0.25) is 9.69 Å². The van der Waals surface area contributed by atoms with Crippen LogP contribution in [0.25, 0.3) is 0 Å². The average Bonchev–Trinajstić information content (AvgIpc) is 3.29. The molecule has 3 fully saturated rings. The van der Waals surface area contributed by atoms with Crippen LogP contribution in [0.2, 0.25) is 0 Å². The minimum atomic E-state index is -0.0859. The number of nitrogens with zero attached hydrogens (tertiary/aromatic N) is 3. The van der Waals surface area contributed by atoms with Crippen LogP contribution in [0.3, 0.4) is 0 Å². The third kappa shape index (κ3) is 4.36. The minimum Gasteiger partial charge on any atom is -0.457 e. The van der Waals surface area contributed by atoms with Crippen molar-refractivity contribution < 1.29 is 14.3 Å². The van der Waals surface area contributed by atoms with Crippen LogP contribution in [-0.2, 0) is 4.79 Å². The molecular weight excluding hydrogens is 486 g/mol. The molecule has 2 N–H and O–H groups in total. The van der Waals surface area contributed by atoms with Crippen LogP contribution in [-0.4, -0.2) is 65.9 Å². The summed E-state index contributed by atoms with van der Waals surface area (Å²) >= 11 is 1.81. The number of ether oxygens (including phenoxy) is 1. The van der Waals surface area contributed by atoms with Gasteiger partial charge < -0.3 is 25.2 Å². The molecule has 3 unspecified atom stereocenters. The van der Waals surface area contributed by atoms with Gasteiger partial charge in [0.1, 0.15) is 11.5 Å². The van der Waals surface area contributed by atoms with Gasteiger partial charge in [-0.15, -0.1) is 0 Å². The van der Waals surface area contributed by atoms with Crippen LogP contribution in [0.15, 0.2) is 71.9 Å². The highest BCUT2D eigenvalue weighted by Gasteiger charge is 2.51. The van der Waals surface area contributed by atoms with Gasteiger partial charge in [0.15, 0.2) is 0 Å². The molecule has 0 aliphatic carbocycles. The number of piperazine rings is 1. The van der Waals surface area contributed by atoms with E-state index in [2.05, 4.69) is 22.1 Å². The fourth-order valence-electron chi connectivity index (χ4n) is 5.80. The number of hydrogen-bond acceptors (Lipinski definition) is 6. The van der Waals surface area contributed by atoms with E-state index < -0.39 is 0 Å². The maximum atomic E-state index is 13.6. The zero-order valence-electron chi connectivity index (χ0n) is 20.9. The number of thioether (sulfide) groups is 1. The Bertz CT molecular complexity index is 1260. The maximum Gasteiger partial charge on any atom is 0.326 e. The van der Waals surface area contributed by atoms with Crippen LogP contribution in [0.1, 0.15) is 12.0 Å². The summed E-state index contributed by atoms with van der Waals surface area (Å²) in [6, 6.07) is 15.6. The Balaban J connectivity index is 1.25. The highest BCUT2D eigenvalue weighted by molar-refractivity contribution is 8.03. The zero-order chi connectivity index (χ0) is 25.5. The van der Waals surface area contributed by atoms with Gasteiger partial charge in [0, 0.05) is 37.8 Å². The van der Waals surface area contributed by atoms with E-state index in [9.17, 15) is 9.59 Å². The van der Waals surface area contributed by atoms with E-state index in [1.54, 1.807) is 0 Å². The fourth-order valence-corrected chi connectivity index (χ4v) is 7.35. The molecule has 37 heavy (non-hydrogen) atoms. The lowest BCUT2D eigenvalue weighted by atomic mass is 9.86. The van der Waals surface area contributed by atoms with Crippen LogP contribution in [0.4, 0.5) is 10.5 Å². The lowest BCUT2D eigenvalue weighted by Crippen LogP contribution is -2.62. The molecule has 8 nitrogen and oxygen atoms in total. The number of anilines is 1. The first-order valence-electron chi connectivity index (χ1n) is 12.8. The maximum absolute atomic E-state index is 13.6. The Kier molecular flexibility index (Phi) is 6.34. The van der Waals surface area contributed by atoms with E-state index in [-0.39, 0.29) is 29.3 Å². The molecule has 4 aliphatic heterocycles. The largest absolute Gasteiger partial charge is 0.457 e. The minimum absolute atomic E-state index is 0.0241. The van der Waals surface area contributed by atoms with Crippen LogP contribution >= 0.6 is 11.8 Å². The Labute approximate surface area is 221 Å². The average molecular weight is 518 g/mol. The highest BCUT2D eigenvalue weighted by Crippen LogP contribution is 2.49. The summed E-state index contributed by atoms with van der Waals surface area (Å²) in [4.78, 5) is 31.7. The van der Waals surface area contributed by atoms with Crippen molar-refractivity contribution in [1.82, 2.24) is 20.4 Å². The Morgan fingerprint density at radius 3 is 2.62 bits per heavy atom. The molecule has 192 valence electrons. The van der Waals surface area contributed by atoms with Gasteiger partial charge in [-0.1, -0.05) is 36.5 Å². The lowest BCUT2D eigenvalue weighted by molar-refractivity contribution is -0.127. The summed E-state index contributed by atoms with van der Waals surface area (Å²) in [6.07, 6.45) is 2.26. The molecule has 4 heterocycles. The molecule has 0 spiro atoms. The van der Waals surface area contributed by atoms with E-state index in [1.165, 1.54) is 6.08 Å². The molecule has 0 bridgehead atoms. The lowest BCUT2D eigenvalue weighted by Gasteiger charge is -2.46. The summed E-state index contributed by atoms with van der Waals surface area (Å²) in [5.41, 5.74) is 2.94. The molecule has 0 radical (unpaired) electrons. The van der Waals surface area contributed by atoms with E-state index >= 15 is 0 Å². The second-order valence-corrected chi connectivity index (χ2v) is 10.9.